The third-order valence-corrected chi connectivity index (χ3v) is 10.4. The maximum absolute atomic E-state index is 10.3. The Labute approximate surface area is 387 Å². The van der Waals surface area contributed by atoms with Gasteiger partial charge in [-0.25, -0.2) is 0 Å². The third-order valence-electron chi connectivity index (χ3n) is 10.4. The molecule has 0 aromatic heterocycles. The molecule has 0 aliphatic carbocycles. The van der Waals surface area contributed by atoms with Gasteiger partial charge in [-0.1, -0.05) is 160 Å². The molecule has 0 aliphatic heterocycles. The number of unbranched alkanes of at least 4 members (excludes halogenated alkanes) is 6. The molecule has 6 atom stereocenters. The fourth-order valence-electron chi connectivity index (χ4n) is 5.63. The van der Waals surface area contributed by atoms with Crippen LogP contribution >= 0.6 is 0 Å². The van der Waals surface area contributed by atoms with Crippen LogP contribution in [0.2, 0.25) is 0 Å². The topological polar surface area (TPSA) is 241 Å². The van der Waals surface area contributed by atoms with Gasteiger partial charge in [-0.05, 0) is 113 Å². The summed E-state index contributed by atoms with van der Waals surface area (Å²) < 4.78 is 0. The van der Waals surface area contributed by atoms with Gasteiger partial charge in [-0.3, -0.25) is 0 Å². The summed E-state index contributed by atoms with van der Waals surface area (Å²) in [7, 11) is 0. The molecule has 0 aliphatic rings. The molecule has 0 saturated heterocycles. The van der Waals surface area contributed by atoms with Crippen molar-refractivity contribution in [2.24, 2.45) is 35.5 Å². The summed E-state index contributed by atoms with van der Waals surface area (Å²) in [6.07, 6.45) is 21.1. The molecule has 61 heavy (non-hydrogen) atoms. The van der Waals surface area contributed by atoms with E-state index < -0.39 is 35.8 Å². The minimum absolute atomic E-state index is 0. The molecule has 0 aromatic rings. The van der Waals surface area contributed by atoms with Crippen LogP contribution in [0.4, 0.5) is 0 Å². The van der Waals surface area contributed by atoms with Gasteiger partial charge >= 0.3 is 0 Å². The molecular formula is C48H90MoO12-6. The molecule has 0 amide bonds. The van der Waals surface area contributed by atoms with Gasteiger partial charge in [0, 0.05) is 56.9 Å². The number of carbonyl (C=O) groups excluding carboxylic acids is 6. The Morgan fingerprint density at radius 1 is 0.262 bits per heavy atom. The Kier molecular flexibility index (Phi) is 66.4. The molecule has 12 nitrogen and oxygen atoms in total. The number of carboxylic acid groups (broad SMARTS) is 6. The van der Waals surface area contributed by atoms with Gasteiger partial charge in [0.15, 0.2) is 0 Å². The predicted molar refractivity (Wildman–Crippen MR) is 230 cm³/mol. The van der Waals surface area contributed by atoms with Gasteiger partial charge < -0.3 is 59.4 Å². The molecule has 0 heterocycles. The van der Waals surface area contributed by atoms with Crippen LogP contribution in [0.15, 0.2) is 0 Å². The van der Waals surface area contributed by atoms with E-state index in [0.717, 1.165) is 116 Å². The first-order chi connectivity index (χ1) is 28.3. The first kappa shape index (κ1) is 72.9. The quantitative estimate of drug-likeness (QED) is 0.0787. The van der Waals surface area contributed by atoms with Gasteiger partial charge in [0.25, 0.3) is 0 Å². The smallest absolute Gasteiger partial charge is 0.0445 e. The van der Waals surface area contributed by atoms with E-state index in [4.69, 9.17) is 0 Å². The summed E-state index contributed by atoms with van der Waals surface area (Å²) in [6, 6.07) is 0. The summed E-state index contributed by atoms with van der Waals surface area (Å²) >= 11 is 0. The summed E-state index contributed by atoms with van der Waals surface area (Å²) in [5.74, 6) is -6.69. The van der Waals surface area contributed by atoms with E-state index in [1.54, 1.807) is 0 Å². The Morgan fingerprint density at radius 3 is 0.410 bits per heavy atom. The number of carbonyl (C=O) groups is 6. The summed E-state index contributed by atoms with van der Waals surface area (Å²) in [6.45, 7) is 23.7. The van der Waals surface area contributed by atoms with E-state index in [1.807, 2.05) is 41.5 Å². The van der Waals surface area contributed by atoms with Crippen LogP contribution in [0.3, 0.4) is 0 Å². The summed E-state index contributed by atoms with van der Waals surface area (Å²) in [4.78, 5) is 62.0. The zero-order valence-electron chi connectivity index (χ0n) is 40.7. The number of aliphatic carboxylic acids is 6. The van der Waals surface area contributed by atoms with Crippen molar-refractivity contribution in [2.75, 3.05) is 0 Å². The molecule has 0 N–H and O–H groups in total. The zero-order valence-corrected chi connectivity index (χ0v) is 42.7. The van der Waals surface area contributed by atoms with Crippen molar-refractivity contribution in [1.82, 2.24) is 0 Å². The van der Waals surface area contributed by atoms with Gasteiger partial charge in [-0.2, -0.15) is 0 Å². The van der Waals surface area contributed by atoms with Crippen LogP contribution in [0.5, 0.6) is 0 Å². The molecule has 0 rings (SSSR count). The van der Waals surface area contributed by atoms with Gasteiger partial charge in [0.2, 0.25) is 0 Å². The Hall–Kier alpha value is -2.49. The van der Waals surface area contributed by atoms with Crippen molar-refractivity contribution in [1.29, 1.82) is 0 Å². The van der Waals surface area contributed by atoms with Gasteiger partial charge in [0.1, 0.15) is 0 Å². The summed E-state index contributed by atoms with van der Waals surface area (Å²) in [5, 5.41) is 62.0. The standard InChI is InChI=1S/6C8H16O2.Mo/c6*1-3-5-6-7(4-2)8(9)10;/h6*7H,3-6H2,1-2H3,(H,9,10);/p-6. The summed E-state index contributed by atoms with van der Waals surface area (Å²) in [5.41, 5.74) is 0. The van der Waals surface area contributed by atoms with Gasteiger partial charge in [-0.15, -0.1) is 0 Å². The SMILES string of the molecule is CCCCC(CC)C(=O)[O-].CCCCC(CC)C(=O)[O-].CCCCC(CC)C(=O)[O-].CCCCC(CC)C(=O)[O-].CCCCC(CC)C(=O)[O-].CCCCC(CC)C(=O)[O-].[Mo]. The van der Waals surface area contributed by atoms with Gasteiger partial charge in [0.05, 0.1) is 0 Å². The largest absolute Gasteiger partial charge is 0.550 e. The minimum atomic E-state index is -0.893. The Morgan fingerprint density at radius 2 is 0.361 bits per heavy atom. The van der Waals surface area contributed by atoms with Crippen LogP contribution in [0, 0.1) is 35.5 Å². The first-order valence-electron chi connectivity index (χ1n) is 23.6. The van der Waals surface area contributed by atoms with E-state index in [9.17, 15) is 59.4 Å². The van der Waals surface area contributed by atoms with Crippen molar-refractivity contribution in [3.05, 3.63) is 0 Å². The molecule has 6 unspecified atom stereocenters. The van der Waals surface area contributed by atoms with E-state index in [1.165, 1.54) is 0 Å². The maximum atomic E-state index is 10.3. The number of carboxylic acids is 6. The van der Waals surface area contributed by atoms with Crippen molar-refractivity contribution >= 4 is 35.8 Å². The second-order valence-corrected chi connectivity index (χ2v) is 15.4. The number of hydrogen-bond acceptors (Lipinski definition) is 12. The fraction of sp³-hybridized carbons (Fsp3) is 0.875. The van der Waals surface area contributed by atoms with Crippen LogP contribution in [-0.4, -0.2) is 35.8 Å². The van der Waals surface area contributed by atoms with E-state index >= 15 is 0 Å². The van der Waals surface area contributed by atoms with Crippen LogP contribution in [0.25, 0.3) is 0 Å². The van der Waals surface area contributed by atoms with Crippen molar-refractivity contribution in [2.45, 2.75) is 237 Å². The zero-order chi connectivity index (χ0) is 47.9. The van der Waals surface area contributed by atoms with Crippen LogP contribution < -0.4 is 30.6 Å². The minimum Gasteiger partial charge on any atom is -0.550 e. The molecule has 0 aromatic carbocycles. The predicted octanol–water partition coefficient (Wildman–Crippen LogP) is 5.71. The van der Waals surface area contributed by atoms with Crippen LogP contribution in [0.1, 0.15) is 237 Å². The molecule has 366 valence electrons. The third kappa shape index (κ3) is 53.6. The fourth-order valence-corrected chi connectivity index (χ4v) is 5.63. The Balaban J connectivity index is -0.000000114. The van der Waals surface area contributed by atoms with Crippen molar-refractivity contribution < 1.29 is 80.5 Å². The second-order valence-electron chi connectivity index (χ2n) is 15.4. The molecule has 0 spiro atoms. The first-order valence-corrected chi connectivity index (χ1v) is 23.6. The molecule has 13 heteroatoms. The normalized spacial score (nSPS) is 12.8. The van der Waals surface area contributed by atoms with Crippen molar-refractivity contribution in [3.8, 4) is 0 Å². The van der Waals surface area contributed by atoms with E-state index in [2.05, 4.69) is 41.5 Å². The Bertz CT molecular complexity index is 806. The second kappa shape index (κ2) is 55.5. The van der Waals surface area contributed by atoms with Crippen LogP contribution in [-0.2, 0) is 49.8 Å². The number of hydrogen-bond donors (Lipinski definition) is 0. The van der Waals surface area contributed by atoms with E-state index in [-0.39, 0.29) is 56.6 Å². The molecule has 0 bridgehead atoms. The average Bonchev–Trinajstić information content (AvgIpc) is 3.20. The molecule has 0 saturated carbocycles. The average molecular weight is 955 g/mol. The molecule has 0 fully saturated rings. The molecule has 0 radical (unpaired) electrons. The molecular weight excluding hydrogens is 864 g/mol. The number of rotatable bonds is 30. The monoisotopic (exact) mass is 957 g/mol. The van der Waals surface area contributed by atoms with E-state index in [0.29, 0.717) is 38.5 Å². The maximum Gasteiger partial charge on any atom is 0.0445 e. The van der Waals surface area contributed by atoms with Crippen molar-refractivity contribution in [3.63, 3.8) is 0 Å².